The van der Waals surface area contributed by atoms with Gasteiger partial charge in [-0.2, -0.15) is 0 Å². The summed E-state index contributed by atoms with van der Waals surface area (Å²) in [6.45, 7) is 5.28. The molecular formula is C27H26Cl4N6O3S. The van der Waals surface area contributed by atoms with Crippen LogP contribution in [0.2, 0.25) is 20.1 Å². The molecule has 1 fully saturated rings. The number of carbonyl (C=O) groups is 1. The van der Waals surface area contributed by atoms with E-state index in [-0.39, 0.29) is 33.8 Å². The molecular weight excluding hydrogens is 630 g/mol. The summed E-state index contributed by atoms with van der Waals surface area (Å²) in [5, 5.41) is 2.20. The zero-order valence-corrected chi connectivity index (χ0v) is 26.1. The predicted molar refractivity (Wildman–Crippen MR) is 170 cm³/mol. The molecule has 1 saturated heterocycles. The monoisotopic (exact) mass is 654 g/mol. The molecule has 3 aromatic rings. The summed E-state index contributed by atoms with van der Waals surface area (Å²) in [7, 11) is -3.28. The average molecular weight is 656 g/mol. The number of nitrogens with zero attached hydrogens (tertiary/aromatic N) is 4. The van der Waals surface area contributed by atoms with Crippen molar-refractivity contribution in [1.82, 2.24) is 10.1 Å². The molecule has 1 amide bonds. The molecule has 0 aromatic heterocycles. The van der Waals surface area contributed by atoms with Gasteiger partial charge >= 0.3 is 0 Å². The van der Waals surface area contributed by atoms with E-state index in [1.807, 2.05) is 36.9 Å². The first-order chi connectivity index (χ1) is 19.4. The van der Waals surface area contributed by atoms with Crippen molar-refractivity contribution in [3.05, 3.63) is 80.3 Å². The zero-order valence-electron chi connectivity index (χ0n) is 22.3. The number of amidine groups is 1. The molecule has 9 nitrogen and oxygen atoms in total. The van der Waals surface area contributed by atoms with E-state index in [0.29, 0.717) is 34.5 Å². The van der Waals surface area contributed by atoms with Gasteiger partial charge in [-0.3, -0.25) is 10.2 Å². The molecule has 1 aliphatic heterocycles. The van der Waals surface area contributed by atoms with E-state index in [4.69, 9.17) is 46.4 Å². The lowest BCUT2D eigenvalue weighted by Crippen LogP contribution is -2.36. The summed E-state index contributed by atoms with van der Waals surface area (Å²) in [5.74, 6) is -0.388. The minimum atomic E-state index is -3.28. The van der Waals surface area contributed by atoms with Crippen LogP contribution in [-0.2, 0) is 14.8 Å². The van der Waals surface area contributed by atoms with Crippen LogP contribution in [0, 0.1) is 6.92 Å². The highest BCUT2D eigenvalue weighted by Gasteiger charge is 2.37. The van der Waals surface area contributed by atoms with Crippen molar-refractivity contribution in [1.29, 1.82) is 0 Å². The van der Waals surface area contributed by atoms with Crippen LogP contribution in [0.5, 0.6) is 0 Å². The third kappa shape index (κ3) is 7.71. The Labute approximate surface area is 258 Å². The molecule has 1 aliphatic rings. The summed E-state index contributed by atoms with van der Waals surface area (Å²) in [4.78, 5) is 24.9. The molecule has 0 saturated carbocycles. The van der Waals surface area contributed by atoms with Gasteiger partial charge in [0.15, 0.2) is 11.5 Å². The number of carbonyl (C=O) groups excluding carboxylic acids is 1. The number of halogens is 4. The third-order valence-electron chi connectivity index (χ3n) is 5.97. The van der Waals surface area contributed by atoms with Crippen molar-refractivity contribution in [3.8, 4) is 0 Å². The fourth-order valence-electron chi connectivity index (χ4n) is 4.03. The van der Waals surface area contributed by atoms with Crippen molar-refractivity contribution in [2.75, 3.05) is 35.8 Å². The number of hydrogen-bond donors (Lipinski definition) is 2. The summed E-state index contributed by atoms with van der Waals surface area (Å²) in [6, 6.07) is 15.5. The highest BCUT2D eigenvalue weighted by Crippen LogP contribution is 2.37. The Hall–Kier alpha value is -2.86. The number of hydrazine groups is 1. The molecule has 14 heteroatoms. The lowest BCUT2D eigenvalue weighted by atomic mass is 10.2. The van der Waals surface area contributed by atoms with Crippen LogP contribution in [0.25, 0.3) is 0 Å². The van der Waals surface area contributed by atoms with Gasteiger partial charge in [0.05, 0.1) is 32.7 Å². The Morgan fingerprint density at radius 1 is 0.951 bits per heavy atom. The van der Waals surface area contributed by atoms with E-state index >= 15 is 0 Å². The number of hydrogen-bond acceptors (Lipinski definition) is 6. The molecule has 41 heavy (non-hydrogen) atoms. The Bertz CT molecular complexity index is 1620. The first-order valence-corrected chi connectivity index (χ1v) is 15.8. The highest BCUT2D eigenvalue weighted by atomic mass is 35.5. The SMILES string of the molecule is CCN(CCNS(C)(=O)=O)c1ccc(N=C2C(=O)N(c3c(Cl)cc(Cl)cc3Cl)NC2=Nc2cc(C)ccc2Cl)cc1. The van der Waals surface area contributed by atoms with Crippen molar-refractivity contribution in [2.24, 2.45) is 9.98 Å². The Morgan fingerprint density at radius 3 is 2.22 bits per heavy atom. The van der Waals surface area contributed by atoms with Crippen LogP contribution in [-0.4, -0.2) is 51.8 Å². The van der Waals surface area contributed by atoms with Crippen LogP contribution in [0.15, 0.2) is 64.6 Å². The van der Waals surface area contributed by atoms with Crippen LogP contribution in [0.4, 0.5) is 22.7 Å². The molecule has 0 spiro atoms. The largest absolute Gasteiger partial charge is 0.370 e. The summed E-state index contributed by atoms with van der Waals surface area (Å²) < 4.78 is 25.3. The van der Waals surface area contributed by atoms with E-state index in [9.17, 15) is 13.2 Å². The fraction of sp³-hybridized carbons (Fsp3) is 0.222. The molecule has 2 N–H and O–H groups in total. The number of aryl methyl sites for hydroxylation is 1. The van der Waals surface area contributed by atoms with Gasteiger partial charge in [0.25, 0.3) is 5.91 Å². The van der Waals surface area contributed by atoms with Crippen LogP contribution in [0.3, 0.4) is 0 Å². The first kappa shape index (κ1) is 31.1. The van der Waals surface area contributed by atoms with Crippen LogP contribution in [0.1, 0.15) is 12.5 Å². The second-order valence-electron chi connectivity index (χ2n) is 9.11. The fourth-order valence-corrected chi connectivity index (χ4v) is 5.64. The van der Waals surface area contributed by atoms with Gasteiger partial charge in [-0.1, -0.05) is 52.5 Å². The van der Waals surface area contributed by atoms with Gasteiger partial charge in [-0.15, -0.1) is 0 Å². The number of amides is 1. The van der Waals surface area contributed by atoms with Crippen molar-refractivity contribution < 1.29 is 13.2 Å². The Balaban J connectivity index is 1.71. The first-order valence-electron chi connectivity index (χ1n) is 12.4. The molecule has 0 atom stereocenters. The standard InChI is InChI=1S/C27H26Cl4N6O3S/c1-4-36(12-11-32-41(3,39)40)19-8-6-18(7-9-19)33-24-26(34-23-13-16(2)5-10-20(23)29)35-37(27(24)38)25-21(30)14-17(28)15-22(25)31/h5-10,13-15,32H,4,11-12H2,1-3H3,(H,34,35). The lowest BCUT2D eigenvalue weighted by molar-refractivity contribution is -0.112. The minimum absolute atomic E-state index is 0.0158. The van der Waals surface area contributed by atoms with Gasteiger partial charge in [-0.25, -0.2) is 28.1 Å². The van der Waals surface area contributed by atoms with E-state index in [2.05, 4.69) is 20.1 Å². The molecule has 0 unspecified atom stereocenters. The maximum Gasteiger partial charge on any atom is 0.299 e. The Kier molecular flexibility index (Phi) is 9.84. The second kappa shape index (κ2) is 13.0. The summed E-state index contributed by atoms with van der Waals surface area (Å²) in [5.41, 5.74) is 5.91. The number of likely N-dealkylation sites (N-methyl/N-ethyl adjacent to an activating group) is 1. The summed E-state index contributed by atoms with van der Waals surface area (Å²) >= 11 is 25.3. The van der Waals surface area contributed by atoms with E-state index in [1.165, 1.54) is 17.1 Å². The Morgan fingerprint density at radius 2 is 1.61 bits per heavy atom. The number of rotatable bonds is 9. The molecule has 0 bridgehead atoms. The number of nitrogens with one attached hydrogen (secondary N) is 2. The van der Waals surface area contributed by atoms with Crippen LogP contribution >= 0.6 is 46.4 Å². The van der Waals surface area contributed by atoms with Gasteiger partial charge in [0.1, 0.15) is 5.69 Å². The van der Waals surface area contributed by atoms with Gasteiger partial charge in [0, 0.05) is 30.3 Å². The van der Waals surface area contributed by atoms with Crippen LogP contribution < -0.4 is 20.1 Å². The molecule has 216 valence electrons. The van der Waals surface area contributed by atoms with Gasteiger partial charge in [-0.05, 0) is 67.9 Å². The molecule has 0 aliphatic carbocycles. The smallest absolute Gasteiger partial charge is 0.299 e. The minimum Gasteiger partial charge on any atom is -0.370 e. The number of benzene rings is 3. The van der Waals surface area contributed by atoms with E-state index in [1.54, 1.807) is 24.3 Å². The normalized spacial score (nSPS) is 15.6. The predicted octanol–water partition coefficient (Wildman–Crippen LogP) is 6.34. The zero-order chi connectivity index (χ0) is 29.9. The summed E-state index contributed by atoms with van der Waals surface area (Å²) in [6.07, 6.45) is 1.12. The van der Waals surface area contributed by atoms with Gasteiger partial charge in [0.2, 0.25) is 10.0 Å². The molecule has 4 rings (SSSR count). The lowest BCUT2D eigenvalue weighted by Gasteiger charge is -2.23. The quantitative estimate of drug-likeness (QED) is 0.280. The maximum atomic E-state index is 13.7. The molecule has 3 aromatic carbocycles. The highest BCUT2D eigenvalue weighted by molar-refractivity contribution is 7.88. The van der Waals surface area contributed by atoms with E-state index in [0.717, 1.165) is 17.5 Å². The van der Waals surface area contributed by atoms with Gasteiger partial charge < -0.3 is 4.90 Å². The topological polar surface area (TPSA) is 106 Å². The maximum absolute atomic E-state index is 13.7. The number of aliphatic imine (C=N–C) groups is 2. The van der Waals surface area contributed by atoms with Crippen molar-refractivity contribution >= 4 is 96.6 Å². The van der Waals surface area contributed by atoms with E-state index < -0.39 is 15.9 Å². The average Bonchev–Trinajstić information content (AvgIpc) is 3.18. The van der Waals surface area contributed by atoms with Crippen molar-refractivity contribution in [2.45, 2.75) is 13.8 Å². The number of anilines is 2. The second-order valence-corrected chi connectivity index (χ2v) is 12.6. The van der Waals surface area contributed by atoms with Crippen molar-refractivity contribution in [3.63, 3.8) is 0 Å². The molecule has 1 heterocycles. The third-order valence-corrected chi connectivity index (χ3v) is 7.81. The molecule has 0 radical (unpaired) electrons. The number of sulfonamides is 1.